The molecule has 5 nitrogen and oxygen atoms in total. The van der Waals surface area contributed by atoms with Crippen LogP contribution in [0.25, 0.3) is 0 Å². The number of nitrogens with one attached hydrogen (secondary N) is 1. The molecule has 154 valence electrons. The summed E-state index contributed by atoms with van der Waals surface area (Å²) in [6, 6.07) is 3.93. The molecule has 2 aliphatic rings. The zero-order chi connectivity index (χ0) is 17.7. The van der Waals surface area contributed by atoms with Crippen molar-refractivity contribution in [3.05, 3.63) is 23.9 Å². The van der Waals surface area contributed by atoms with E-state index >= 15 is 0 Å². The van der Waals surface area contributed by atoms with E-state index in [0.717, 1.165) is 69.9 Å². The van der Waals surface area contributed by atoms with Gasteiger partial charge in [0.25, 0.3) is 5.91 Å². The van der Waals surface area contributed by atoms with Crippen LogP contribution >= 0.6 is 24.8 Å². The predicted octanol–water partition coefficient (Wildman–Crippen LogP) is 3.77. The third-order valence-electron chi connectivity index (χ3n) is 5.97. The van der Waals surface area contributed by atoms with Crippen molar-refractivity contribution in [1.82, 2.24) is 15.2 Å². The number of piperidine rings is 2. The van der Waals surface area contributed by atoms with Crippen molar-refractivity contribution in [3.63, 3.8) is 0 Å². The van der Waals surface area contributed by atoms with Crippen LogP contribution in [0.3, 0.4) is 0 Å². The van der Waals surface area contributed by atoms with Gasteiger partial charge in [0.05, 0.1) is 5.56 Å². The second-order valence-electron chi connectivity index (χ2n) is 7.53. The highest BCUT2D eigenvalue weighted by Crippen LogP contribution is 2.39. The smallest absolute Gasteiger partial charge is 0.255 e. The average Bonchev–Trinajstić information content (AvgIpc) is 2.67. The molecule has 0 aromatic carbocycles. The Kier molecular flexibility index (Phi) is 9.85. The molecule has 27 heavy (non-hydrogen) atoms. The van der Waals surface area contributed by atoms with E-state index in [1.54, 1.807) is 6.20 Å². The number of hydrogen-bond donors (Lipinski definition) is 1. The first-order valence-electron chi connectivity index (χ1n) is 9.88. The van der Waals surface area contributed by atoms with Gasteiger partial charge in [0.2, 0.25) is 0 Å². The lowest BCUT2D eigenvalue weighted by molar-refractivity contribution is 0.0495. The zero-order valence-corrected chi connectivity index (χ0v) is 18.2. The lowest BCUT2D eigenvalue weighted by Crippen LogP contribution is -2.47. The normalized spacial score (nSPS) is 18.4. The highest BCUT2D eigenvalue weighted by atomic mass is 35.5. The summed E-state index contributed by atoms with van der Waals surface area (Å²) in [6.45, 7) is 10.3. The number of carbonyl (C=O) groups excluding carboxylic acids is 1. The minimum Gasteiger partial charge on any atom is -0.357 e. The van der Waals surface area contributed by atoms with Gasteiger partial charge in [0.1, 0.15) is 5.82 Å². The first-order valence-corrected chi connectivity index (χ1v) is 9.88. The summed E-state index contributed by atoms with van der Waals surface area (Å²) >= 11 is 0. The molecule has 2 saturated heterocycles. The molecule has 0 saturated carbocycles. The minimum atomic E-state index is 0. The minimum absolute atomic E-state index is 0. The predicted molar refractivity (Wildman–Crippen MR) is 117 cm³/mol. The fraction of sp³-hybridized carbons (Fsp3) is 0.700. The molecule has 0 bridgehead atoms. The maximum absolute atomic E-state index is 12.8. The van der Waals surface area contributed by atoms with Crippen LogP contribution in [0.1, 0.15) is 56.3 Å². The third kappa shape index (κ3) is 5.72. The molecule has 0 unspecified atom stereocenters. The number of halogens is 2. The Hall–Kier alpha value is -1.04. The summed E-state index contributed by atoms with van der Waals surface area (Å²) < 4.78 is 0. The highest BCUT2D eigenvalue weighted by molar-refractivity contribution is 5.94. The first-order chi connectivity index (χ1) is 12.2. The molecule has 0 aliphatic carbocycles. The fourth-order valence-electron chi connectivity index (χ4n) is 4.23. The zero-order valence-electron chi connectivity index (χ0n) is 16.6. The molecule has 2 fully saturated rings. The molecule has 2 aliphatic heterocycles. The molecule has 0 atom stereocenters. The van der Waals surface area contributed by atoms with Crippen molar-refractivity contribution in [2.75, 3.05) is 44.2 Å². The first kappa shape index (κ1) is 24.0. The van der Waals surface area contributed by atoms with Crippen LogP contribution in [0.15, 0.2) is 18.3 Å². The van der Waals surface area contributed by atoms with E-state index in [1.165, 1.54) is 12.8 Å². The van der Waals surface area contributed by atoms with Crippen molar-refractivity contribution >= 4 is 36.5 Å². The quantitative estimate of drug-likeness (QED) is 0.793. The van der Waals surface area contributed by atoms with Gasteiger partial charge in [0.15, 0.2) is 0 Å². The molecule has 3 heterocycles. The Morgan fingerprint density at radius 1 is 1.15 bits per heavy atom. The number of amides is 1. The molecule has 0 radical (unpaired) electrons. The monoisotopic (exact) mass is 416 g/mol. The molecular weight excluding hydrogens is 383 g/mol. The number of pyridine rings is 1. The van der Waals surface area contributed by atoms with Gasteiger partial charge in [-0.1, -0.05) is 6.92 Å². The highest BCUT2D eigenvalue weighted by Gasteiger charge is 2.36. The SMILES string of the molecule is CCCN(CC)c1ccc(C(=O)N2CCC3(CCNCC3)CC2)cn1.Cl.Cl. The van der Waals surface area contributed by atoms with Crippen molar-refractivity contribution in [2.45, 2.75) is 46.0 Å². The number of hydrogen-bond acceptors (Lipinski definition) is 4. The van der Waals surface area contributed by atoms with Crippen LogP contribution in [0.2, 0.25) is 0 Å². The van der Waals surface area contributed by atoms with E-state index in [9.17, 15) is 4.79 Å². The molecule has 1 N–H and O–H groups in total. The summed E-state index contributed by atoms with van der Waals surface area (Å²) in [5.74, 6) is 1.11. The average molecular weight is 417 g/mol. The number of rotatable bonds is 5. The summed E-state index contributed by atoms with van der Waals surface area (Å²) in [5.41, 5.74) is 1.20. The van der Waals surface area contributed by atoms with Crippen LogP contribution in [-0.2, 0) is 0 Å². The van der Waals surface area contributed by atoms with E-state index in [-0.39, 0.29) is 30.7 Å². The van der Waals surface area contributed by atoms with Crippen LogP contribution in [0.4, 0.5) is 5.82 Å². The van der Waals surface area contributed by atoms with Gasteiger partial charge in [0, 0.05) is 32.4 Å². The maximum Gasteiger partial charge on any atom is 0.255 e. The number of likely N-dealkylation sites (tertiary alicyclic amines) is 1. The van der Waals surface area contributed by atoms with E-state index in [2.05, 4.69) is 29.0 Å². The van der Waals surface area contributed by atoms with Gasteiger partial charge in [-0.3, -0.25) is 4.79 Å². The van der Waals surface area contributed by atoms with Gasteiger partial charge in [-0.25, -0.2) is 4.98 Å². The standard InChI is InChI=1S/C20H32N4O.2ClH/c1-3-13-23(4-2)18-6-5-17(16-22-18)19(25)24-14-9-20(10-15-24)7-11-21-12-8-20;;/h5-6,16,21H,3-4,7-15H2,1-2H3;2*1H. The van der Waals surface area contributed by atoms with Gasteiger partial charge in [-0.2, -0.15) is 0 Å². The van der Waals surface area contributed by atoms with Gasteiger partial charge in [-0.05, 0) is 69.7 Å². The molecule has 1 spiro atoms. The Bertz CT molecular complexity index is 566. The lowest BCUT2D eigenvalue weighted by atomic mass is 9.71. The Morgan fingerprint density at radius 2 is 1.81 bits per heavy atom. The largest absolute Gasteiger partial charge is 0.357 e. The van der Waals surface area contributed by atoms with E-state index in [1.807, 2.05) is 17.0 Å². The second kappa shape index (κ2) is 11.1. The van der Waals surface area contributed by atoms with Gasteiger partial charge in [-0.15, -0.1) is 24.8 Å². The van der Waals surface area contributed by atoms with Crippen molar-refractivity contribution in [2.24, 2.45) is 5.41 Å². The molecule has 1 aromatic heterocycles. The molecule has 3 rings (SSSR count). The fourth-order valence-corrected chi connectivity index (χ4v) is 4.23. The summed E-state index contributed by atoms with van der Waals surface area (Å²) in [4.78, 5) is 21.6. The maximum atomic E-state index is 12.8. The topological polar surface area (TPSA) is 48.5 Å². The number of aromatic nitrogens is 1. The summed E-state index contributed by atoms with van der Waals surface area (Å²) in [6.07, 6.45) is 7.66. The molecule has 1 amide bonds. The summed E-state index contributed by atoms with van der Waals surface area (Å²) in [5, 5.41) is 3.45. The number of carbonyl (C=O) groups is 1. The van der Waals surface area contributed by atoms with E-state index in [0.29, 0.717) is 5.41 Å². The van der Waals surface area contributed by atoms with Crippen LogP contribution in [-0.4, -0.2) is 55.1 Å². The Morgan fingerprint density at radius 3 is 2.33 bits per heavy atom. The van der Waals surface area contributed by atoms with E-state index in [4.69, 9.17) is 0 Å². The van der Waals surface area contributed by atoms with Gasteiger partial charge < -0.3 is 15.1 Å². The van der Waals surface area contributed by atoms with Crippen molar-refractivity contribution < 1.29 is 4.79 Å². The van der Waals surface area contributed by atoms with Crippen molar-refractivity contribution in [1.29, 1.82) is 0 Å². The molecule has 1 aromatic rings. The Labute approximate surface area is 176 Å². The van der Waals surface area contributed by atoms with Crippen molar-refractivity contribution in [3.8, 4) is 0 Å². The van der Waals surface area contributed by atoms with E-state index < -0.39 is 0 Å². The Balaban J connectivity index is 0.00000182. The number of nitrogens with zero attached hydrogens (tertiary/aromatic N) is 3. The third-order valence-corrected chi connectivity index (χ3v) is 5.97. The van der Waals surface area contributed by atoms with Crippen LogP contribution in [0, 0.1) is 5.41 Å². The number of anilines is 1. The lowest BCUT2D eigenvalue weighted by Gasteiger charge is -2.44. The summed E-state index contributed by atoms with van der Waals surface area (Å²) in [7, 11) is 0. The van der Waals surface area contributed by atoms with Crippen LogP contribution < -0.4 is 10.2 Å². The molecule has 7 heteroatoms. The van der Waals surface area contributed by atoms with Crippen LogP contribution in [0.5, 0.6) is 0 Å². The second-order valence-corrected chi connectivity index (χ2v) is 7.53. The molecular formula is C20H34Cl2N4O. The van der Waals surface area contributed by atoms with Gasteiger partial charge >= 0.3 is 0 Å².